The van der Waals surface area contributed by atoms with Crippen LogP contribution < -0.4 is 15.4 Å². The van der Waals surface area contributed by atoms with Crippen molar-refractivity contribution < 1.29 is 18.0 Å². The molecule has 3 aromatic rings. The zero-order valence-electron chi connectivity index (χ0n) is 15.6. The number of nitrogens with one attached hydrogen (secondary N) is 3. The highest BCUT2D eigenvalue weighted by atomic mass is 35.5. The number of anilines is 1. The maximum Gasteiger partial charge on any atom is 0.263 e. The van der Waals surface area contributed by atoms with Crippen LogP contribution in [0.2, 0.25) is 5.02 Å². The van der Waals surface area contributed by atoms with Gasteiger partial charge in [0.2, 0.25) is 15.9 Å². The maximum atomic E-state index is 12.4. The largest absolute Gasteiger partial charge is 0.342 e. The molecule has 4 rings (SSSR count). The van der Waals surface area contributed by atoms with Crippen molar-refractivity contribution in [2.45, 2.75) is 23.8 Å². The van der Waals surface area contributed by atoms with Crippen LogP contribution in [0.1, 0.15) is 22.5 Å². The van der Waals surface area contributed by atoms with Gasteiger partial charge in [0.25, 0.3) is 5.91 Å². The highest BCUT2D eigenvalue weighted by Crippen LogP contribution is 2.34. The van der Waals surface area contributed by atoms with Crippen molar-refractivity contribution in [1.29, 1.82) is 0 Å². The highest BCUT2D eigenvalue weighted by molar-refractivity contribution is 7.89. The Morgan fingerprint density at radius 3 is 2.60 bits per heavy atom. The van der Waals surface area contributed by atoms with E-state index < -0.39 is 21.8 Å². The van der Waals surface area contributed by atoms with E-state index in [-0.39, 0.29) is 17.5 Å². The van der Waals surface area contributed by atoms with E-state index in [1.165, 1.54) is 23.5 Å². The summed E-state index contributed by atoms with van der Waals surface area (Å²) in [7, 11) is -3.62. The summed E-state index contributed by atoms with van der Waals surface area (Å²) in [4.78, 5) is 25.1. The van der Waals surface area contributed by atoms with Crippen molar-refractivity contribution in [3.8, 4) is 0 Å². The van der Waals surface area contributed by atoms with Gasteiger partial charge in [0.15, 0.2) is 0 Å². The molecule has 0 aliphatic heterocycles. The summed E-state index contributed by atoms with van der Waals surface area (Å²) in [5.74, 6) is -0.924. The molecule has 0 saturated heterocycles. The lowest BCUT2D eigenvalue weighted by Gasteiger charge is -2.09. The van der Waals surface area contributed by atoms with Crippen molar-refractivity contribution in [2.24, 2.45) is 0 Å². The molecule has 1 fully saturated rings. The van der Waals surface area contributed by atoms with Gasteiger partial charge in [-0.15, -0.1) is 11.3 Å². The fraction of sp³-hybridized carbons (Fsp3) is 0.200. The number of amides is 2. The summed E-state index contributed by atoms with van der Waals surface area (Å²) in [5, 5.41) is 6.28. The lowest BCUT2D eigenvalue weighted by molar-refractivity contribution is -0.115. The molecule has 1 saturated carbocycles. The van der Waals surface area contributed by atoms with Crippen molar-refractivity contribution >= 4 is 60.5 Å². The van der Waals surface area contributed by atoms with Gasteiger partial charge in [-0.1, -0.05) is 35.9 Å². The minimum absolute atomic E-state index is 0.0100. The third-order valence-corrected chi connectivity index (χ3v) is 7.67. The molecule has 7 nitrogen and oxygen atoms in total. The van der Waals surface area contributed by atoms with Gasteiger partial charge in [-0.3, -0.25) is 9.59 Å². The van der Waals surface area contributed by atoms with Crippen LogP contribution in [0.5, 0.6) is 0 Å². The number of halogens is 1. The molecule has 3 N–H and O–H groups in total. The first kappa shape index (κ1) is 20.8. The van der Waals surface area contributed by atoms with Gasteiger partial charge in [-0.2, -0.15) is 0 Å². The van der Waals surface area contributed by atoms with Crippen molar-refractivity contribution in [2.75, 3.05) is 11.9 Å². The number of hydrogen-bond acceptors (Lipinski definition) is 5. The van der Waals surface area contributed by atoms with E-state index in [1.54, 1.807) is 12.1 Å². The molecule has 0 atom stereocenters. The first-order chi connectivity index (χ1) is 14.3. The van der Waals surface area contributed by atoms with Gasteiger partial charge in [0.1, 0.15) is 4.88 Å². The van der Waals surface area contributed by atoms with E-state index in [9.17, 15) is 18.0 Å². The van der Waals surface area contributed by atoms with Crippen LogP contribution in [0.15, 0.2) is 53.4 Å². The second kappa shape index (κ2) is 8.35. The van der Waals surface area contributed by atoms with E-state index in [0.717, 1.165) is 22.9 Å². The minimum atomic E-state index is -3.62. The molecule has 1 aliphatic rings. The molecule has 30 heavy (non-hydrogen) atoms. The van der Waals surface area contributed by atoms with Gasteiger partial charge < -0.3 is 10.6 Å². The van der Waals surface area contributed by atoms with Crippen LogP contribution in [0, 0.1) is 0 Å². The van der Waals surface area contributed by atoms with Gasteiger partial charge in [0.05, 0.1) is 16.5 Å². The Morgan fingerprint density at radius 2 is 1.87 bits per heavy atom. The molecule has 0 bridgehead atoms. The Labute approximate surface area is 182 Å². The van der Waals surface area contributed by atoms with Gasteiger partial charge in [-0.05, 0) is 37.1 Å². The zero-order valence-corrected chi connectivity index (χ0v) is 18.0. The number of carbonyl (C=O) groups is 2. The molecule has 0 spiro atoms. The predicted octanol–water partition coefficient (Wildman–Crippen LogP) is 3.36. The number of sulfonamides is 1. The predicted molar refractivity (Wildman–Crippen MR) is 118 cm³/mol. The van der Waals surface area contributed by atoms with E-state index in [2.05, 4.69) is 15.4 Å². The monoisotopic (exact) mass is 463 g/mol. The number of hydrogen-bond donors (Lipinski definition) is 3. The third-order valence-electron chi connectivity index (χ3n) is 4.48. The lowest BCUT2D eigenvalue weighted by Crippen LogP contribution is -2.32. The molecular weight excluding hydrogens is 446 g/mol. The molecule has 1 aromatic heterocycles. The van der Waals surface area contributed by atoms with Crippen molar-refractivity contribution in [1.82, 2.24) is 10.0 Å². The number of carbonyl (C=O) groups excluding carboxylic acids is 2. The van der Waals surface area contributed by atoms with Crippen LogP contribution in [0.4, 0.5) is 5.69 Å². The summed E-state index contributed by atoms with van der Waals surface area (Å²) >= 11 is 7.54. The second-order valence-corrected chi connectivity index (χ2v) is 10.0. The number of thiophene rings is 1. The molecule has 2 aromatic carbocycles. The first-order valence-corrected chi connectivity index (χ1v) is 11.9. The second-order valence-electron chi connectivity index (χ2n) is 6.90. The minimum Gasteiger partial charge on any atom is -0.342 e. The van der Waals surface area contributed by atoms with Gasteiger partial charge in [0, 0.05) is 21.8 Å². The summed E-state index contributed by atoms with van der Waals surface area (Å²) in [5.41, 5.74) is 0.327. The Balaban J connectivity index is 1.38. The number of fused-ring (bicyclic) bond motifs is 1. The number of rotatable bonds is 7. The normalized spacial score (nSPS) is 13.9. The van der Waals surface area contributed by atoms with Crippen LogP contribution in [0.25, 0.3) is 10.1 Å². The molecule has 1 aliphatic carbocycles. The Morgan fingerprint density at radius 1 is 1.10 bits per heavy atom. The van der Waals surface area contributed by atoms with Crippen molar-refractivity contribution in [3.63, 3.8) is 0 Å². The number of benzene rings is 2. The average Bonchev–Trinajstić information content (AvgIpc) is 3.47. The van der Waals surface area contributed by atoms with Gasteiger partial charge in [-0.25, -0.2) is 13.1 Å². The fourth-order valence-corrected chi connectivity index (χ4v) is 5.62. The Bertz CT molecular complexity index is 1240. The van der Waals surface area contributed by atoms with Crippen LogP contribution in [-0.2, 0) is 14.8 Å². The quantitative estimate of drug-likeness (QED) is 0.499. The van der Waals surface area contributed by atoms with E-state index in [1.807, 2.05) is 24.3 Å². The molecule has 10 heteroatoms. The smallest absolute Gasteiger partial charge is 0.263 e. The first-order valence-electron chi connectivity index (χ1n) is 9.21. The molecule has 2 amide bonds. The summed E-state index contributed by atoms with van der Waals surface area (Å²) in [6.45, 7) is -0.277. The van der Waals surface area contributed by atoms with Gasteiger partial charge >= 0.3 is 0 Å². The summed E-state index contributed by atoms with van der Waals surface area (Å²) in [6, 6.07) is 13.4. The SMILES string of the molecule is O=C(CNC(=O)c1sc2ccccc2c1Cl)Nc1cccc(S(=O)(=O)NC2CC2)c1. The Hall–Kier alpha value is -2.46. The topological polar surface area (TPSA) is 104 Å². The standard InChI is InChI=1S/C20H18ClN3O4S2/c21-18-15-6-1-2-7-16(15)29-19(18)20(26)22-11-17(25)23-13-4-3-5-14(10-13)30(27,28)24-12-8-9-12/h1-7,10,12,24H,8-9,11H2,(H,22,26)(H,23,25). The zero-order chi connectivity index (χ0) is 21.3. The Kier molecular flexibility index (Phi) is 5.79. The van der Waals surface area contributed by atoms with E-state index >= 15 is 0 Å². The maximum absolute atomic E-state index is 12.4. The molecule has 156 valence electrons. The summed E-state index contributed by atoms with van der Waals surface area (Å²) < 4.78 is 28.1. The lowest BCUT2D eigenvalue weighted by atomic mass is 10.2. The van der Waals surface area contributed by atoms with E-state index in [0.29, 0.717) is 15.6 Å². The van der Waals surface area contributed by atoms with Crippen molar-refractivity contribution in [3.05, 3.63) is 58.4 Å². The molecule has 1 heterocycles. The molecule has 0 unspecified atom stereocenters. The highest BCUT2D eigenvalue weighted by Gasteiger charge is 2.28. The van der Waals surface area contributed by atoms with Crippen LogP contribution in [-0.4, -0.2) is 32.8 Å². The van der Waals surface area contributed by atoms with Crippen LogP contribution in [0.3, 0.4) is 0 Å². The molecular formula is C20H18ClN3O4S2. The summed E-state index contributed by atoms with van der Waals surface area (Å²) in [6.07, 6.45) is 1.67. The fourth-order valence-electron chi connectivity index (χ4n) is 2.84. The van der Waals surface area contributed by atoms with E-state index in [4.69, 9.17) is 11.6 Å². The third kappa shape index (κ3) is 4.65. The molecule has 0 radical (unpaired) electrons. The van der Waals surface area contributed by atoms with Crippen LogP contribution >= 0.6 is 22.9 Å². The average molecular weight is 464 g/mol.